The summed E-state index contributed by atoms with van der Waals surface area (Å²) >= 11 is 0. The molecule has 0 aliphatic carbocycles. The van der Waals surface area contributed by atoms with Crippen LogP contribution in [-0.4, -0.2) is 48.2 Å². The number of amides is 1. The number of carbonyl (C=O) groups is 1. The number of benzene rings is 1. The molecule has 1 N–H and O–H groups in total. The number of nitro groups is 1. The molecule has 0 aliphatic rings. The number of alkyl halides is 2. The highest BCUT2D eigenvalue weighted by Gasteiger charge is 2.20. The van der Waals surface area contributed by atoms with Crippen molar-refractivity contribution in [2.45, 2.75) is 26.8 Å². The van der Waals surface area contributed by atoms with E-state index in [9.17, 15) is 23.7 Å². The van der Waals surface area contributed by atoms with Crippen molar-refractivity contribution in [1.29, 1.82) is 0 Å². The van der Waals surface area contributed by atoms with E-state index in [0.29, 0.717) is 12.2 Å². The number of non-ortho nitro benzene ring substituents is 1. The maximum absolute atomic E-state index is 13.0. The minimum Gasteiger partial charge on any atom is -0.487 e. The minimum absolute atomic E-state index is 0.000891. The second-order valence-electron chi connectivity index (χ2n) is 7.24. The molecule has 0 saturated carbocycles. The van der Waals surface area contributed by atoms with Crippen LogP contribution in [0.5, 0.6) is 5.75 Å². The van der Waals surface area contributed by atoms with Gasteiger partial charge in [0.05, 0.1) is 34.3 Å². The van der Waals surface area contributed by atoms with E-state index in [1.54, 1.807) is 10.7 Å². The number of ether oxygens (including phenoxy) is 1. The van der Waals surface area contributed by atoms with Crippen LogP contribution in [0, 0.1) is 17.0 Å². The molecule has 0 aliphatic heterocycles. The number of hydrogen-bond acceptors (Lipinski definition) is 7. The van der Waals surface area contributed by atoms with E-state index in [4.69, 9.17) is 4.74 Å². The van der Waals surface area contributed by atoms with Crippen LogP contribution >= 0.6 is 0 Å². The van der Waals surface area contributed by atoms with E-state index in [1.807, 2.05) is 20.0 Å². The van der Waals surface area contributed by atoms with Crippen LogP contribution in [0.1, 0.15) is 23.0 Å². The van der Waals surface area contributed by atoms with Gasteiger partial charge >= 0.3 is 0 Å². The van der Waals surface area contributed by atoms with Gasteiger partial charge in [0.1, 0.15) is 17.9 Å². The van der Waals surface area contributed by atoms with Crippen molar-refractivity contribution in [1.82, 2.24) is 24.4 Å². The van der Waals surface area contributed by atoms with Gasteiger partial charge in [-0.2, -0.15) is 10.2 Å². The summed E-state index contributed by atoms with van der Waals surface area (Å²) in [4.78, 5) is 27.7. The number of nitro benzene ring substituents is 1. The van der Waals surface area contributed by atoms with Crippen LogP contribution in [0.15, 0.2) is 42.9 Å². The third-order valence-electron chi connectivity index (χ3n) is 4.93. The van der Waals surface area contributed by atoms with Gasteiger partial charge in [-0.3, -0.25) is 19.6 Å². The molecule has 3 aromatic heterocycles. The van der Waals surface area contributed by atoms with Crippen LogP contribution in [0.3, 0.4) is 0 Å². The highest BCUT2D eigenvalue weighted by atomic mass is 19.3. The second-order valence-corrected chi connectivity index (χ2v) is 7.24. The lowest BCUT2D eigenvalue weighted by atomic mass is 10.2. The van der Waals surface area contributed by atoms with Gasteiger partial charge in [0.25, 0.3) is 18.0 Å². The fourth-order valence-electron chi connectivity index (χ4n) is 3.39. The normalized spacial score (nSPS) is 11.2. The molecular formula is C21H19F2N7O4. The average molecular weight is 471 g/mol. The van der Waals surface area contributed by atoms with Crippen LogP contribution in [0.4, 0.5) is 20.2 Å². The molecule has 0 spiro atoms. The maximum Gasteiger partial charge on any atom is 0.275 e. The standard InChI is InChI=1S/C21H19F2N7O4/c1-3-28-10-17(12(2)27-28)18-4-5-24-20-16(9-25-29(18)20)21(31)26-13-6-14(30(32)33)8-15(7-13)34-11-19(22)23/h4-10,19H,3,11H2,1-2H3,(H,26,31). The topological polar surface area (TPSA) is 129 Å². The van der Waals surface area contributed by atoms with Crippen LogP contribution in [0.25, 0.3) is 16.9 Å². The van der Waals surface area contributed by atoms with E-state index >= 15 is 0 Å². The van der Waals surface area contributed by atoms with E-state index in [0.717, 1.165) is 23.4 Å². The third kappa shape index (κ3) is 4.53. The summed E-state index contributed by atoms with van der Waals surface area (Å²) in [6.45, 7) is 3.57. The van der Waals surface area contributed by atoms with Gasteiger partial charge < -0.3 is 10.1 Å². The molecule has 0 atom stereocenters. The van der Waals surface area contributed by atoms with Gasteiger partial charge in [0, 0.05) is 36.6 Å². The van der Waals surface area contributed by atoms with E-state index in [2.05, 4.69) is 20.5 Å². The van der Waals surface area contributed by atoms with Crippen molar-refractivity contribution in [2.24, 2.45) is 0 Å². The third-order valence-corrected chi connectivity index (χ3v) is 4.93. The Morgan fingerprint density at radius 2 is 2.12 bits per heavy atom. The molecule has 4 rings (SSSR count). The summed E-state index contributed by atoms with van der Waals surface area (Å²) in [5.74, 6) is -0.811. The molecule has 0 radical (unpaired) electrons. The largest absolute Gasteiger partial charge is 0.487 e. The van der Waals surface area contributed by atoms with Crippen molar-refractivity contribution in [3.05, 3.63) is 64.2 Å². The summed E-state index contributed by atoms with van der Waals surface area (Å²) in [7, 11) is 0. The first-order valence-corrected chi connectivity index (χ1v) is 10.2. The first-order chi connectivity index (χ1) is 16.3. The van der Waals surface area contributed by atoms with Gasteiger partial charge in [-0.1, -0.05) is 0 Å². The molecule has 13 heteroatoms. The smallest absolute Gasteiger partial charge is 0.275 e. The first kappa shape index (κ1) is 22.8. The van der Waals surface area contributed by atoms with E-state index < -0.39 is 29.6 Å². The van der Waals surface area contributed by atoms with Gasteiger partial charge in [-0.15, -0.1) is 0 Å². The fourth-order valence-corrected chi connectivity index (χ4v) is 3.39. The Balaban J connectivity index is 1.66. The molecule has 176 valence electrons. The van der Waals surface area contributed by atoms with Crippen molar-refractivity contribution in [3.8, 4) is 17.0 Å². The molecule has 0 saturated heterocycles. The average Bonchev–Trinajstić information content (AvgIpc) is 3.40. The Bertz CT molecular complexity index is 1380. The number of nitrogens with zero attached hydrogens (tertiary/aromatic N) is 6. The van der Waals surface area contributed by atoms with Crippen molar-refractivity contribution in [3.63, 3.8) is 0 Å². The molecule has 0 fully saturated rings. The molecule has 34 heavy (non-hydrogen) atoms. The molecule has 4 aromatic rings. The summed E-state index contributed by atoms with van der Waals surface area (Å²) < 4.78 is 33.1. The summed E-state index contributed by atoms with van der Waals surface area (Å²) in [5.41, 5.74) is 2.24. The van der Waals surface area contributed by atoms with Crippen LogP contribution in [0.2, 0.25) is 0 Å². The summed E-state index contributed by atoms with van der Waals surface area (Å²) in [6.07, 6.45) is 1.97. The van der Waals surface area contributed by atoms with Crippen LogP contribution in [-0.2, 0) is 6.54 Å². The number of aromatic nitrogens is 5. The molecule has 0 unspecified atom stereocenters. The predicted octanol–water partition coefficient (Wildman–Crippen LogP) is 3.73. The number of aryl methyl sites for hydroxylation is 2. The molecule has 11 nitrogen and oxygen atoms in total. The SMILES string of the molecule is CCn1cc(-c2ccnc3c(C(=O)Nc4cc(OCC(F)F)cc([N+](=O)[O-])c4)cnn23)c(C)n1. The highest BCUT2D eigenvalue weighted by molar-refractivity contribution is 6.08. The van der Waals surface area contributed by atoms with Gasteiger partial charge in [0.2, 0.25) is 0 Å². The molecule has 0 bridgehead atoms. The Morgan fingerprint density at radius 1 is 1.32 bits per heavy atom. The number of carbonyl (C=O) groups excluding carboxylic acids is 1. The maximum atomic E-state index is 13.0. The molecule has 1 aromatic carbocycles. The summed E-state index contributed by atoms with van der Waals surface area (Å²) in [6, 6.07) is 5.07. The fraction of sp³-hybridized carbons (Fsp3) is 0.238. The lowest BCUT2D eigenvalue weighted by molar-refractivity contribution is -0.384. The molecule has 3 heterocycles. The van der Waals surface area contributed by atoms with Crippen LogP contribution < -0.4 is 10.1 Å². The lowest BCUT2D eigenvalue weighted by Gasteiger charge is -2.09. The monoisotopic (exact) mass is 471 g/mol. The zero-order valence-electron chi connectivity index (χ0n) is 18.1. The first-order valence-electron chi connectivity index (χ1n) is 10.2. The number of anilines is 1. The van der Waals surface area contributed by atoms with E-state index in [1.165, 1.54) is 23.0 Å². The number of nitrogens with one attached hydrogen (secondary N) is 1. The molecular weight excluding hydrogens is 452 g/mol. The highest BCUT2D eigenvalue weighted by Crippen LogP contribution is 2.28. The Kier molecular flexibility index (Phi) is 6.17. The van der Waals surface area contributed by atoms with Gasteiger partial charge in [-0.25, -0.2) is 18.3 Å². The Hall–Kier alpha value is -4.42. The lowest BCUT2D eigenvalue weighted by Crippen LogP contribution is -2.13. The zero-order valence-corrected chi connectivity index (χ0v) is 18.1. The number of fused-ring (bicyclic) bond motifs is 1. The van der Waals surface area contributed by atoms with Gasteiger partial charge in [0.15, 0.2) is 5.65 Å². The van der Waals surface area contributed by atoms with E-state index in [-0.39, 0.29) is 22.6 Å². The Labute approximate surface area is 191 Å². The number of hydrogen-bond donors (Lipinski definition) is 1. The Morgan fingerprint density at radius 3 is 2.79 bits per heavy atom. The van der Waals surface area contributed by atoms with Crippen molar-refractivity contribution < 1.29 is 23.2 Å². The predicted molar refractivity (Wildman–Crippen MR) is 117 cm³/mol. The van der Waals surface area contributed by atoms with Crippen molar-refractivity contribution in [2.75, 3.05) is 11.9 Å². The molecule has 1 amide bonds. The van der Waals surface area contributed by atoms with Gasteiger partial charge in [-0.05, 0) is 19.9 Å². The van der Waals surface area contributed by atoms with Crippen molar-refractivity contribution >= 4 is 22.9 Å². The number of rotatable bonds is 8. The second kappa shape index (κ2) is 9.21. The minimum atomic E-state index is -2.76. The zero-order chi connectivity index (χ0) is 24.4. The summed E-state index contributed by atoms with van der Waals surface area (Å²) in [5, 5.41) is 22.5. The number of halogens is 2. The quantitative estimate of drug-likeness (QED) is 0.306.